The quantitative estimate of drug-likeness (QED) is 0.590. The van der Waals surface area contributed by atoms with Gasteiger partial charge in [-0.1, -0.05) is 0 Å². The largest absolute Gasteiger partial charge is 0.294 e. The van der Waals surface area contributed by atoms with Crippen molar-refractivity contribution in [2.45, 2.75) is 0 Å². The minimum absolute atomic E-state index is 0.690. The van der Waals surface area contributed by atoms with Crippen molar-refractivity contribution in [2.24, 2.45) is 4.99 Å². The number of aliphatic imine (C=N–C) groups is 1. The van der Waals surface area contributed by atoms with Crippen LogP contribution in [0.3, 0.4) is 0 Å². The maximum absolute atomic E-state index is 3.98. The normalized spacial score (nSPS) is 18.8. The standard InChI is InChI=1S/C4H4Br2N2/c5-4-1-7-3-8(6)2-4/h1-2H,3H2. The van der Waals surface area contributed by atoms with Gasteiger partial charge >= 0.3 is 0 Å². The highest BCUT2D eigenvalue weighted by Crippen LogP contribution is 2.11. The molecule has 0 amide bonds. The summed E-state index contributed by atoms with van der Waals surface area (Å²) in [5.41, 5.74) is 0. The van der Waals surface area contributed by atoms with Gasteiger partial charge in [0.2, 0.25) is 0 Å². The van der Waals surface area contributed by atoms with Crippen molar-refractivity contribution < 1.29 is 0 Å². The Balaban J connectivity index is 2.63. The van der Waals surface area contributed by atoms with Gasteiger partial charge in [-0.15, -0.1) is 0 Å². The lowest BCUT2D eigenvalue weighted by atomic mass is 10.6. The number of nitrogens with zero attached hydrogens (tertiary/aromatic N) is 2. The Bertz CT molecular complexity index is 141. The van der Waals surface area contributed by atoms with Crippen molar-refractivity contribution in [3.05, 3.63) is 10.7 Å². The van der Waals surface area contributed by atoms with Gasteiger partial charge in [0, 0.05) is 12.4 Å². The van der Waals surface area contributed by atoms with Crippen molar-refractivity contribution in [3.8, 4) is 0 Å². The van der Waals surface area contributed by atoms with Gasteiger partial charge in [-0.05, 0) is 15.9 Å². The van der Waals surface area contributed by atoms with Gasteiger partial charge in [0.1, 0.15) is 6.67 Å². The summed E-state index contributed by atoms with van der Waals surface area (Å²) in [6, 6.07) is 0. The molecule has 0 aliphatic carbocycles. The molecule has 1 rings (SSSR count). The van der Waals surface area contributed by atoms with Crippen LogP contribution in [0.1, 0.15) is 0 Å². The molecular weight excluding hydrogens is 236 g/mol. The second-order valence-corrected chi connectivity index (χ2v) is 3.19. The van der Waals surface area contributed by atoms with Crippen LogP contribution in [0.4, 0.5) is 0 Å². The molecule has 0 unspecified atom stereocenters. The van der Waals surface area contributed by atoms with Crippen molar-refractivity contribution in [1.29, 1.82) is 0 Å². The van der Waals surface area contributed by atoms with E-state index in [0.29, 0.717) is 6.67 Å². The van der Waals surface area contributed by atoms with E-state index in [-0.39, 0.29) is 0 Å². The smallest absolute Gasteiger partial charge is 0.120 e. The zero-order chi connectivity index (χ0) is 5.98. The van der Waals surface area contributed by atoms with Crippen LogP contribution in [-0.2, 0) is 0 Å². The van der Waals surface area contributed by atoms with Crippen molar-refractivity contribution >= 4 is 38.3 Å². The number of halogens is 2. The van der Waals surface area contributed by atoms with Crippen molar-refractivity contribution in [2.75, 3.05) is 6.67 Å². The Kier molecular flexibility index (Phi) is 2.08. The third-order valence-corrected chi connectivity index (χ3v) is 1.53. The molecule has 1 aliphatic heterocycles. The molecule has 2 nitrogen and oxygen atoms in total. The first-order valence-electron chi connectivity index (χ1n) is 2.08. The monoisotopic (exact) mass is 238 g/mol. The molecule has 0 spiro atoms. The third kappa shape index (κ3) is 1.59. The van der Waals surface area contributed by atoms with Crippen LogP contribution in [0, 0.1) is 0 Å². The molecule has 0 aromatic carbocycles. The van der Waals surface area contributed by atoms with E-state index in [4.69, 9.17) is 0 Å². The first kappa shape index (κ1) is 6.29. The molecule has 0 radical (unpaired) electrons. The van der Waals surface area contributed by atoms with Gasteiger partial charge in [0.15, 0.2) is 0 Å². The van der Waals surface area contributed by atoms with Gasteiger partial charge in [-0.3, -0.25) is 8.92 Å². The average molecular weight is 240 g/mol. The fourth-order valence-corrected chi connectivity index (χ4v) is 1.43. The maximum atomic E-state index is 3.98. The Morgan fingerprint density at radius 1 is 1.75 bits per heavy atom. The maximum Gasteiger partial charge on any atom is 0.120 e. The number of rotatable bonds is 0. The highest BCUT2D eigenvalue weighted by atomic mass is 79.9. The first-order chi connectivity index (χ1) is 3.79. The van der Waals surface area contributed by atoms with E-state index in [9.17, 15) is 0 Å². The van der Waals surface area contributed by atoms with E-state index in [1.807, 2.05) is 10.1 Å². The lowest BCUT2D eigenvalue weighted by Crippen LogP contribution is -2.07. The predicted octanol–water partition coefficient (Wildman–Crippen LogP) is 1.88. The second kappa shape index (κ2) is 2.64. The molecule has 0 saturated heterocycles. The number of hydrogen-bond donors (Lipinski definition) is 0. The molecule has 0 aromatic rings. The lowest BCUT2D eigenvalue weighted by Gasteiger charge is -2.10. The Morgan fingerprint density at radius 2 is 2.50 bits per heavy atom. The van der Waals surface area contributed by atoms with E-state index in [2.05, 4.69) is 37.1 Å². The lowest BCUT2D eigenvalue weighted by molar-refractivity contribution is 0.657. The molecule has 8 heavy (non-hydrogen) atoms. The molecule has 44 valence electrons. The Hall–Kier alpha value is 0.170. The molecule has 4 heteroatoms. The molecule has 0 aromatic heterocycles. The SMILES string of the molecule is BrC1=CN(Br)CN=C1. The third-order valence-electron chi connectivity index (χ3n) is 0.695. The number of hydrogen-bond acceptors (Lipinski definition) is 2. The molecule has 0 atom stereocenters. The van der Waals surface area contributed by atoms with E-state index >= 15 is 0 Å². The zero-order valence-electron chi connectivity index (χ0n) is 4.01. The van der Waals surface area contributed by atoms with Crippen molar-refractivity contribution in [3.63, 3.8) is 0 Å². The van der Waals surface area contributed by atoms with E-state index in [0.717, 1.165) is 4.48 Å². The van der Waals surface area contributed by atoms with Crippen LogP contribution in [-0.4, -0.2) is 16.8 Å². The summed E-state index contributed by atoms with van der Waals surface area (Å²) in [4.78, 5) is 3.98. The highest BCUT2D eigenvalue weighted by Gasteiger charge is 1.97. The Morgan fingerprint density at radius 3 is 2.88 bits per heavy atom. The van der Waals surface area contributed by atoms with Crippen LogP contribution in [0.15, 0.2) is 15.7 Å². The van der Waals surface area contributed by atoms with Gasteiger partial charge in [0.25, 0.3) is 0 Å². The van der Waals surface area contributed by atoms with Crippen molar-refractivity contribution in [1.82, 2.24) is 3.93 Å². The summed E-state index contributed by atoms with van der Waals surface area (Å²) >= 11 is 6.51. The molecule has 0 fully saturated rings. The summed E-state index contributed by atoms with van der Waals surface area (Å²) in [6.07, 6.45) is 3.69. The fourth-order valence-electron chi connectivity index (χ4n) is 0.414. The van der Waals surface area contributed by atoms with Crippen LogP contribution in [0.2, 0.25) is 0 Å². The van der Waals surface area contributed by atoms with E-state index in [1.54, 1.807) is 6.21 Å². The minimum Gasteiger partial charge on any atom is -0.294 e. The number of allylic oxidation sites excluding steroid dienone is 1. The van der Waals surface area contributed by atoms with Crippen LogP contribution >= 0.6 is 32.1 Å². The molecule has 0 N–H and O–H groups in total. The summed E-state index contributed by atoms with van der Waals surface area (Å²) in [5.74, 6) is 0. The zero-order valence-corrected chi connectivity index (χ0v) is 7.18. The molecule has 1 heterocycles. The average Bonchev–Trinajstić information content (AvgIpc) is 1.64. The second-order valence-electron chi connectivity index (χ2n) is 1.37. The van der Waals surface area contributed by atoms with Gasteiger partial charge < -0.3 is 0 Å². The van der Waals surface area contributed by atoms with Crippen LogP contribution in [0.25, 0.3) is 0 Å². The summed E-state index contributed by atoms with van der Waals surface area (Å²) < 4.78 is 2.80. The first-order valence-corrected chi connectivity index (χ1v) is 3.59. The van der Waals surface area contributed by atoms with Crippen LogP contribution in [0.5, 0.6) is 0 Å². The topological polar surface area (TPSA) is 15.6 Å². The van der Waals surface area contributed by atoms with E-state index in [1.165, 1.54) is 0 Å². The van der Waals surface area contributed by atoms with Gasteiger partial charge in [0.05, 0.1) is 20.6 Å². The molecule has 0 bridgehead atoms. The minimum atomic E-state index is 0.690. The molecule has 1 aliphatic rings. The van der Waals surface area contributed by atoms with E-state index < -0.39 is 0 Å². The molecule has 0 saturated carbocycles. The molecular formula is C4H4Br2N2. The highest BCUT2D eigenvalue weighted by molar-refractivity contribution is 9.12. The van der Waals surface area contributed by atoms with Gasteiger partial charge in [-0.2, -0.15) is 0 Å². The summed E-state index contributed by atoms with van der Waals surface area (Å²) in [5, 5.41) is 0. The predicted molar refractivity (Wildman–Crippen MR) is 41.1 cm³/mol. The van der Waals surface area contributed by atoms with Gasteiger partial charge in [-0.25, -0.2) is 0 Å². The summed E-state index contributed by atoms with van der Waals surface area (Å²) in [6.45, 7) is 0.690. The fraction of sp³-hybridized carbons (Fsp3) is 0.250. The Labute approximate surface area is 64.7 Å². The summed E-state index contributed by atoms with van der Waals surface area (Å²) in [7, 11) is 0. The van der Waals surface area contributed by atoms with Crippen LogP contribution < -0.4 is 0 Å².